The van der Waals surface area contributed by atoms with Crippen molar-refractivity contribution in [3.63, 3.8) is 0 Å². The van der Waals surface area contributed by atoms with Crippen LogP contribution in [-0.2, 0) is 27.2 Å². The second-order valence-corrected chi connectivity index (χ2v) is 10.3. The lowest BCUT2D eigenvalue weighted by Crippen LogP contribution is -2.50. The van der Waals surface area contributed by atoms with Gasteiger partial charge in [0.05, 0.1) is 25.3 Å². The van der Waals surface area contributed by atoms with Crippen LogP contribution in [0, 0.1) is 0 Å². The van der Waals surface area contributed by atoms with Gasteiger partial charge in [-0.1, -0.05) is 56.1 Å². The number of benzene rings is 2. The minimum Gasteiger partial charge on any atom is -0.394 e. The number of rotatable bonds is 7. The summed E-state index contributed by atoms with van der Waals surface area (Å²) in [6, 6.07) is 15.6. The first-order valence-corrected chi connectivity index (χ1v) is 12.7. The van der Waals surface area contributed by atoms with Crippen molar-refractivity contribution in [1.29, 1.82) is 0 Å². The van der Waals surface area contributed by atoms with Crippen LogP contribution in [0.5, 0.6) is 0 Å². The third-order valence-corrected chi connectivity index (χ3v) is 6.24. The van der Waals surface area contributed by atoms with Gasteiger partial charge >= 0.3 is 0 Å². The van der Waals surface area contributed by atoms with Crippen molar-refractivity contribution >= 4 is 55.3 Å². The van der Waals surface area contributed by atoms with Crippen LogP contribution in [0.2, 0.25) is 0 Å². The van der Waals surface area contributed by atoms with E-state index < -0.39 is 5.38 Å². The first-order valence-electron chi connectivity index (χ1n) is 10.6. The van der Waals surface area contributed by atoms with Gasteiger partial charge in [0, 0.05) is 8.95 Å². The highest BCUT2D eigenvalue weighted by atomic mass is 79.9. The number of hydrogen-bond acceptors (Lipinski definition) is 4. The molecule has 0 saturated carbocycles. The first-order chi connectivity index (χ1) is 15.7. The molecule has 2 amide bonds. The molecule has 2 aromatic rings. The van der Waals surface area contributed by atoms with Crippen molar-refractivity contribution in [3.8, 4) is 0 Å². The Morgan fingerprint density at radius 1 is 1.15 bits per heavy atom. The van der Waals surface area contributed by atoms with Gasteiger partial charge in [-0.2, -0.15) is 0 Å². The molecule has 0 aromatic heterocycles. The van der Waals surface area contributed by atoms with Crippen LogP contribution in [0.25, 0.3) is 0 Å². The quantitative estimate of drug-likeness (QED) is 0.418. The van der Waals surface area contributed by atoms with E-state index in [-0.39, 0.29) is 36.6 Å². The number of morpholine rings is 1. The Morgan fingerprint density at radius 2 is 1.70 bits per heavy atom. The maximum Gasteiger partial charge on any atom is 0.249 e. The second kappa shape index (κ2) is 14.1. The van der Waals surface area contributed by atoms with Crippen LogP contribution in [0.15, 0.2) is 57.5 Å². The van der Waals surface area contributed by atoms with E-state index in [4.69, 9.17) is 16.3 Å². The third-order valence-electron chi connectivity index (χ3n) is 4.98. The molecule has 1 heterocycles. The largest absolute Gasteiger partial charge is 0.394 e. The fourth-order valence-electron chi connectivity index (χ4n) is 3.09. The molecule has 0 spiro atoms. The summed E-state index contributed by atoms with van der Waals surface area (Å²) in [7, 11) is 0. The molecule has 9 heteroatoms. The monoisotopic (exact) mass is 602 g/mol. The number of halogens is 3. The first kappa shape index (κ1) is 27.8. The summed E-state index contributed by atoms with van der Waals surface area (Å²) in [6.07, 6.45) is 1.08. The van der Waals surface area contributed by atoms with Gasteiger partial charge in [0.1, 0.15) is 11.5 Å². The molecule has 180 valence electrons. The van der Waals surface area contributed by atoms with Crippen LogP contribution in [0.3, 0.4) is 0 Å². The maximum atomic E-state index is 11.4. The lowest BCUT2D eigenvalue weighted by molar-refractivity contribution is -0.139. The summed E-state index contributed by atoms with van der Waals surface area (Å²) in [4.78, 5) is 22.8. The van der Waals surface area contributed by atoms with E-state index in [9.17, 15) is 14.7 Å². The van der Waals surface area contributed by atoms with Crippen molar-refractivity contribution in [2.24, 2.45) is 0 Å². The zero-order valence-electron chi connectivity index (χ0n) is 18.6. The summed E-state index contributed by atoms with van der Waals surface area (Å²) in [6.45, 7) is 3.85. The number of aliphatic hydroxyl groups excluding tert-OH is 1. The smallest absolute Gasteiger partial charge is 0.249 e. The molecule has 0 radical (unpaired) electrons. The summed E-state index contributed by atoms with van der Waals surface area (Å²) < 4.78 is 7.44. The predicted octanol–water partition coefficient (Wildman–Crippen LogP) is 3.99. The Labute approximate surface area is 216 Å². The van der Waals surface area contributed by atoms with Crippen molar-refractivity contribution in [2.45, 2.75) is 50.3 Å². The second-order valence-electron chi connectivity index (χ2n) is 7.85. The topological polar surface area (TPSA) is 87.7 Å². The lowest BCUT2D eigenvalue weighted by atomic mass is 10.1. The molecule has 2 unspecified atom stereocenters. The summed E-state index contributed by atoms with van der Waals surface area (Å²) in [5.41, 5.74) is 2.25. The van der Waals surface area contributed by atoms with Crippen molar-refractivity contribution in [3.05, 3.63) is 68.6 Å². The molecule has 1 fully saturated rings. The minimum absolute atomic E-state index is 0.0200. The highest BCUT2D eigenvalue weighted by molar-refractivity contribution is 9.10. The molecule has 1 aliphatic heterocycles. The van der Waals surface area contributed by atoms with E-state index in [0.717, 1.165) is 20.9 Å². The molecule has 33 heavy (non-hydrogen) atoms. The molecule has 1 saturated heterocycles. The molecule has 4 atom stereocenters. The SMILES string of the molecule is CC(Cl)C(=O)NC(CO)Cc1ccc(Br)cc1.C[C@@H]1OC[C@H](Cc2ccc(Br)cc2)NC1=O. The molecular weight excluding hydrogens is 576 g/mol. The Hall–Kier alpha value is -1.45. The number of alkyl halides is 1. The summed E-state index contributed by atoms with van der Waals surface area (Å²) >= 11 is 12.4. The van der Waals surface area contributed by atoms with Crippen LogP contribution in [-0.4, -0.2) is 53.7 Å². The molecule has 3 N–H and O–H groups in total. The number of carbonyl (C=O) groups excluding carboxylic acids is 2. The molecule has 0 aliphatic carbocycles. The summed E-state index contributed by atoms with van der Waals surface area (Å²) in [5.74, 6) is -0.281. The number of carbonyl (C=O) groups is 2. The predicted molar refractivity (Wildman–Crippen MR) is 137 cm³/mol. The average Bonchev–Trinajstić information content (AvgIpc) is 2.79. The van der Waals surface area contributed by atoms with Gasteiger partial charge < -0.3 is 20.5 Å². The number of aliphatic hydroxyl groups is 1. The van der Waals surface area contributed by atoms with Crippen LogP contribution in [0.4, 0.5) is 0 Å². The van der Waals surface area contributed by atoms with Crippen LogP contribution < -0.4 is 10.6 Å². The van der Waals surface area contributed by atoms with Crippen molar-refractivity contribution in [1.82, 2.24) is 10.6 Å². The van der Waals surface area contributed by atoms with E-state index in [1.54, 1.807) is 13.8 Å². The third kappa shape index (κ3) is 10.1. The van der Waals surface area contributed by atoms with E-state index in [1.807, 2.05) is 48.5 Å². The Kier molecular flexibility index (Phi) is 11.8. The molecule has 6 nitrogen and oxygen atoms in total. The van der Waals surface area contributed by atoms with E-state index in [2.05, 4.69) is 42.5 Å². The van der Waals surface area contributed by atoms with Crippen LogP contribution in [0.1, 0.15) is 25.0 Å². The van der Waals surface area contributed by atoms with E-state index >= 15 is 0 Å². The summed E-state index contributed by atoms with van der Waals surface area (Å²) in [5, 5.41) is 14.3. The Bertz CT molecular complexity index is 894. The van der Waals surface area contributed by atoms with Gasteiger partial charge in [0.15, 0.2) is 0 Å². The van der Waals surface area contributed by atoms with Crippen LogP contribution >= 0.6 is 43.5 Å². The molecule has 3 rings (SSSR count). The highest BCUT2D eigenvalue weighted by Gasteiger charge is 2.24. The molecular formula is C24H29Br2ClN2O4. The zero-order chi connectivity index (χ0) is 24.4. The van der Waals surface area contributed by atoms with Gasteiger partial charge in [-0.3, -0.25) is 9.59 Å². The average molecular weight is 605 g/mol. The maximum absolute atomic E-state index is 11.4. The van der Waals surface area contributed by atoms with Crippen molar-refractivity contribution < 1.29 is 19.4 Å². The number of ether oxygens (including phenoxy) is 1. The van der Waals surface area contributed by atoms with E-state index in [0.29, 0.717) is 13.0 Å². The standard InChI is InChI=1S/C12H15BrClNO2.C12H14BrNO2/c1-8(14)12(17)15-11(7-16)6-9-2-4-10(13)5-3-9;1-8-12(15)14-11(7-16-8)6-9-2-4-10(13)5-3-9/h2-5,8,11,16H,6-7H2,1H3,(H,15,17);2-5,8,11H,6-7H2,1H3,(H,14,15)/t;8-,11-/m.0/s1. The van der Waals surface area contributed by atoms with Gasteiger partial charge in [-0.05, 0) is 62.1 Å². The highest BCUT2D eigenvalue weighted by Crippen LogP contribution is 2.14. The molecule has 1 aliphatic rings. The number of hydrogen-bond donors (Lipinski definition) is 3. The Morgan fingerprint density at radius 3 is 2.18 bits per heavy atom. The fourth-order valence-corrected chi connectivity index (χ4v) is 3.69. The van der Waals surface area contributed by atoms with Gasteiger partial charge in [0.2, 0.25) is 11.8 Å². The van der Waals surface area contributed by atoms with Gasteiger partial charge in [0.25, 0.3) is 0 Å². The molecule has 2 aromatic carbocycles. The zero-order valence-corrected chi connectivity index (χ0v) is 22.5. The van der Waals surface area contributed by atoms with Gasteiger partial charge in [-0.15, -0.1) is 11.6 Å². The normalized spacial score (nSPS) is 19.5. The minimum atomic E-state index is -0.589. The van der Waals surface area contributed by atoms with Crippen molar-refractivity contribution in [2.75, 3.05) is 13.2 Å². The lowest BCUT2D eigenvalue weighted by Gasteiger charge is -2.27. The Balaban J connectivity index is 0.000000234. The number of amides is 2. The fraction of sp³-hybridized carbons (Fsp3) is 0.417. The van der Waals surface area contributed by atoms with Gasteiger partial charge in [-0.25, -0.2) is 0 Å². The number of nitrogens with one attached hydrogen (secondary N) is 2. The molecule has 0 bridgehead atoms. The van der Waals surface area contributed by atoms with E-state index in [1.165, 1.54) is 5.56 Å².